The third-order valence-electron chi connectivity index (χ3n) is 3.21. The topological polar surface area (TPSA) is 69.2 Å². The number of methoxy groups -OCH3 is 1. The second-order valence-corrected chi connectivity index (χ2v) is 5.21. The van der Waals surface area contributed by atoms with Crippen molar-refractivity contribution in [2.24, 2.45) is 5.16 Å². The molecule has 8 heteroatoms. The molecule has 0 aliphatic rings. The molecular formula is C18H18F2N2O4. The zero-order valence-electron chi connectivity index (χ0n) is 14.2. The van der Waals surface area contributed by atoms with Crippen molar-refractivity contribution < 1.29 is 27.9 Å². The van der Waals surface area contributed by atoms with Gasteiger partial charge in [-0.3, -0.25) is 4.79 Å². The summed E-state index contributed by atoms with van der Waals surface area (Å²) in [4.78, 5) is 16.7. The minimum Gasteiger partial charge on any atom is -0.493 e. The largest absolute Gasteiger partial charge is 0.493 e. The second kappa shape index (κ2) is 9.36. The fourth-order valence-electron chi connectivity index (χ4n) is 1.99. The lowest BCUT2D eigenvalue weighted by molar-refractivity contribution is -0.120. The molecule has 0 fully saturated rings. The van der Waals surface area contributed by atoms with Gasteiger partial charge in [0, 0.05) is 11.3 Å². The first-order valence-electron chi connectivity index (χ1n) is 7.62. The van der Waals surface area contributed by atoms with E-state index in [-0.39, 0.29) is 24.0 Å². The molecule has 2 aromatic rings. The van der Waals surface area contributed by atoms with E-state index in [2.05, 4.69) is 15.2 Å². The first kappa shape index (κ1) is 19.2. The molecule has 0 atom stereocenters. The van der Waals surface area contributed by atoms with Crippen LogP contribution in [0.5, 0.6) is 11.5 Å². The number of oxime groups is 1. The van der Waals surface area contributed by atoms with Crippen LogP contribution in [0.25, 0.3) is 0 Å². The number of nitrogens with zero attached hydrogens (tertiary/aromatic N) is 1. The minimum absolute atomic E-state index is 0.0851. The Hall–Kier alpha value is -3.16. The third-order valence-corrected chi connectivity index (χ3v) is 3.21. The van der Waals surface area contributed by atoms with Gasteiger partial charge in [-0.1, -0.05) is 22.9 Å². The van der Waals surface area contributed by atoms with Crippen LogP contribution in [-0.4, -0.2) is 32.4 Å². The molecule has 0 aliphatic carbocycles. The van der Waals surface area contributed by atoms with E-state index in [1.165, 1.54) is 31.5 Å². The van der Waals surface area contributed by atoms with Crippen molar-refractivity contribution >= 4 is 17.8 Å². The number of alkyl halides is 2. The maximum Gasteiger partial charge on any atom is 0.387 e. The second-order valence-electron chi connectivity index (χ2n) is 5.21. The highest BCUT2D eigenvalue weighted by Gasteiger charge is 2.10. The van der Waals surface area contributed by atoms with E-state index in [9.17, 15) is 13.6 Å². The summed E-state index contributed by atoms with van der Waals surface area (Å²) in [6.45, 7) is -1.27. The Morgan fingerprint density at radius 1 is 1.19 bits per heavy atom. The van der Waals surface area contributed by atoms with Crippen molar-refractivity contribution in [3.8, 4) is 11.5 Å². The monoisotopic (exact) mass is 364 g/mol. The zero-order chi connectivity index (χ0) is 18.9. The van der Waals surface area contributed by atoms with Crippen LogP contribution >= 0.6 is 0 Å². The number of benzene rings is 2. The molecule has 0 radical (unpaired) electrons. The molecule has 2 rings (SSSR count). The predicted octanol–water partition coefficient (Wildman–Crippen LogP) is 3.59. The summed E-state index contributed by atoms with van der Waals surface area (Å²) in [5.74, 6) is -0.311. The van der Waals surface area contributed by atoms with Gasteiger partial charge in [-0.15, -0.1) is 0 Å². The van der Waals surface area contributed by atoms with Crippen LogP contribution in [0.2, 0.25) is 0 Å². The molecule has 0 spiro atoms. The maximum absolute atomic E-state index is 12.3. The maximum atomic E-state index is 12.3. The zero-order valence-corrected chi connectivity index (χ0v) is 14.2. The third kappa shape index (κ3) is 6.04. The highest BCUT2D eigenvalue weighted by atomic mass is 19.3. The van der Waals surface area contributed by atoms with Gasteiger partial charge < -0.3 is 19.6 Å². The van der Waals surface area contributed by atoms with Crippen molar-refractivity contribution in [3.05, 3.63) is 53.6 Å². The molecule has 1 amide bonds. The molecule has 1 N–H and O–H groups in total. The Balaban J connectivity index is 1.85. The van der Waals surface area contributed by atoms with Crippen molar-refractivity contribution in [2.75, 3.05) is 19.0 Å². The Morgan fingerprint density at radius 2 is 1.92 bits per heavy atom. The molecule has 0 unspecified atom stereocenters. The Labute approximate surface area is 149 Å². The number of carbonyl (C=O) groups is 1. The summed E-state index contributed by atoms with van der Waals surface area (Å²) in [5, 5.41) is 6.34. The van der Waals surface area contributed by atoms with E-state index in [4.69, 9.17) is 9.57 Å². The molecule has 6 nitrogen and oxygen atoms in total. The van der Waals surface area contributed by atoms with Gasteiger partial charge in [0.15, 0.2) is 18.1 Å². The summed E-state index contributed by atoms with van der Waals surface area (Å²) < 4.78 is 33.9. The Kier molecular flexibility index (Phi) is 6.90. The number of hydrogen-bond donors (Lipinski definition) is 1. The van der Waals surface area contributed by atoms with Crippen LogP contribution in [0.3, 0.4) is 0 Å². The summed E-state index contributed by atoms with van der Waals surface area (Å²) in [6, 6.07) is 11.6. The van der Waals surface area contributed by atoms with E-state index < -0.39 is 6.61 Å². The number of aryl methyl sites for hydroxylation is 1. The number of halogens is 2. The van der Waals surface area contributed by atoms with Gasteiger partial charge in [-0.2, -0.15) is 8.78 Å². The van der Waals surface area contributed by atoms with Crippen LogP contribution in [0.15, 0.2) is 47.6 Å². The summed E-state index contributed by atoms with van der Waals surface area (Å²) in [5.41, 5.74) is 2.28. The minimum atomic E-state index is -2.95. The normalized spacial score (nSPS) is 10.8. The van der Waals surface area contributed by atoms with Crippen LogP contribution in [-0.2, 0) is 9.63 Å². The van der Waals surface area contributed by atoms with Gasteiger partial charge >= 0.3 is 6.61 Å². The van der Waals surface area contributed by atoms with Gasteiger partial charge in [0.1, 0.15) is 0 Å². The molecule has 0 heterocycles. The molecular weight excluding hydrogens is 346 g/mol. The van der Waals surface area contributed by atoms with E-state index in [1.807, 2.05) is 19.1 Å². The van der Waals surface area contributed by atoms with Crippen molar-refractivity contribution in [1.29, 1.82) is 0 Å². The van der Waals surface area contributed by atoms with Gasteiger partial charge in [0.25, 0.3) is 5.91 Å². The molecule has 2 aromatic carbocycles. The molecule has 138 valence electrons. The fourth-order valence-corrected chi connectivity index (χ4v) is 1.99. The highest BCUT2D eigenvalue weighted by molar-refractivity contribution is 5.91. The van der Waals surface area contributed by atoms with Gasteiger partial charge in [-0.05, 0) is 37.3 Å². The van der Waals surface area contributed by atoms with Crippen molar-refractivity contribution in [1.82, 2.24) is 0 Å². The molecule has 0 bridgehead atoms. The molecule has 0 aliphatic heterocycles. The Bertz CT molecular complexity index is 764. The number of amides is 1. The first-order valence-corrected chi connectivity index (χ1v) is 7.62. The average molecular weight is 364 g/mol. The Morgan fingerprint density at radius 3 is 2.58 bits per heavy atom. The van der Waals surface area contributed by atoms with Crippen LogP contribution < -0.4 is 14.8 Å². The van der Waals surface area contributed by atoms with E-state index in [1.54, 1.807) is 12.1 Å². The van der Waals surface area contributed by atoms with E-state index in [0.717, 1.165) is 5.56 Å². The lowest BCUT2D eigenvalue weighted by atomic mass is 10.2. The number of ether oxygens (including phenoxy) is 2. The summed E-state index contributed by atoms with van der Waals surface area (Å²) in [6.07, 6.45) is 1.33. The van der Waals surface area contributed by atoms with Crippen LogP contribution in [0.4, 0.5) is 14.5 Å². The van der Waals surface area contributed by atoms with Gasteiger partial charge in [0.05, 0.1) is 13.3 Å². The smallest absolute Gasteiger partial charge is 0.387 e. The van der Waals surface area contributed by atoms with E-state index in [0.29, 0.717) is 11.3 Å². The average Bonchev–Trinajstić information content (AvgIpc) is 2.61. The van der Waals surface area contributed by atoms with Gasteiger partial charge in [-0.25, -0.2) is 0 Å². The van der Waals surface area contributed by atoms with Crippen molar-refractivity contribution in [2.45, 2.75) is 13.5 Å². The number of anilines is 1. The van der Waals surface area contributed by atoms with Crippen LogP contribution in [0, 0.1) is 6.92 Å². The SMILES string of the molecule is COc1cc(/C=N\OCC(=O)Nc2ccc(C)cc2)ccc1OC(F)F. The number of carbonyl (C=O) groups excluding carboxylic acids is 1. The standard InChI is InChI=1S/C18H18F2N2O4/c1-12-3-6-14(7-4-12)22-17(23)11-25-21-10-13-5-8-15(26-18(19)20)16(9-13)24-2/h3-10,18H,11H2,1-2H3,(H,22,23)/b21-10-. The fraction of sp³-hybridized carbons (Fsp3) is 0.222. The lowest BCUT2D eigenvalue weighted by Crippen LogP contribution is -2.16. The number of hydrogen-bond acceptors (Lipinski definition) is 5. The van der Waals surface area contributed by atoms with Crippen LogP contribution in [0.1, 0.15) is 11.1 Å². The number of nitrogens with one attached hydrogen (secondary N) is 1. The molecule has 0 aromatic heterocycles. The van der Waals surface area contributed by atoms with Gasteiger partial charge in [0.2, 0.25) is 0 Å². The van der Waals surface area contributed by atoms with E-state index >= 15 is 0 Å². The summed E-state index contributed by atoms with van der Waals surface area (Å²) >= 11 is 0. The highest BCUT2D eigenvalue weighted by Crippen LogP contribution is 2.28. The molecule has 0 saturated carbocycles. The lowest BCUT2D eigenvalue weighted by Gasteiger charge is -2.09. The predicted molar refractivity (Wildman–Crippen MR) is 93.0 cm³/mol. The first-order chi connectivity index (χ1) is 12.5. The van der Waals surface area contributed by atoms with Crippen molar-refractivity contribution in [3.63, 3.8) is 0 Å². The summed E-state index contributed by atoms with van der Waals surface area (Å²) in [7, 11) is 1.33. The molecule has 0 saturated heterocycles. The quantitative estimate of drug-likeness (QED) is 0.574. The molecule has 26 heavy (non-hydrogen) atoms. The number of rotatable bonds is 8.